The van der Waals surface area contributed by atoms with E-state index in [1.54, 1.807) is 7.11 Å². The lowest BCUT2D eigenvalue weighted by molar-refractivity contribution is -0.120. The van der Waals surface area contributed by atoms with Crippen molar-refractivity contribution in [3.05, 3.63) is 30.3 Å². The summed E-state index contributed by atoms with van der Waals surface area (Å²) in [6, 6.07) is 9.88. The second-order valence-electron chi connectivity index (χ2n) is 5.13. The van der Waals surface area contributed by atoms with E-state index in [9.17, 15) is 4.79 Å². The predicted octanol–water partition coefficient (Wildman–Crippen LogP) is 2.12. The smallest absolute Gasteiger partial charge is 0.233 e. The number of aromatic nitrogens is 3. The minimum absolute atomic E-state index is 0.00429. The molecule has 1 atom stereocenters. The third kappa shape index (κ3) is 4.80. The van der Waals surface area contributed by atoms with Crippen molar-refractivity contribution in [2.75, 3.05) is 20.3 Å². The number of benzene rings is 1. The van der Waals surface area contributed by atoms with Gasteiger partial charge in [0.25, 0.3) is 0 Å². The Balaban J connectivity index is 1.95. The molecule has 0 aliphatic rings. The molecule has 0 radical (unpaired) electrons. The van der Waals surface area contributed by atoms with Crippen LogP contribution in [0.4, 0.5) is 0 Å². The van der Waals surface area contributed by atoms with Crippen LogP contribution in [0.15, 0.2) is 35.5 Å². The molecule has 2 aromatic rings. The van der Waals surface area contributed by atoms with Gasteiger partial charge >= 0.3 is 0 Å². The van der Waals surface area contributed by atoms with Crippen molar-refractivity contribution in [1.82, 2.24) is 20.1 Å². The molecule has 1 N–H and O–H groups in total. The Bertz CT molecular complexity index is 630. The zero-order chi connectivity index (χ0) is 16.7. The molecule has 0 spiro atoms. The zero-order valence-corrected chi connectivity index (χ0v) is 14.5. The first-order valence-corrected chi connectivity index (χ1v) is 8.39. The quantitative estimate of drug-likeness (QED) is 0.591. The first-order valence-electron chi connectivity index (χ1n) is 7.51. The summed E-state index contributed by atoms with van der Waals surface area (Å²) in [5.41, 5.74) is 1.01. The largest absolute Gasteiger partial charge is 0.385 e. The fourth-order valence-electron chi connectivity index (χ4n) is 2.04. The van der Waals surface area contributed by atoms with Crippen LogP contribution in [0.25, 0.3) is 11.4 Å². The number of ether oxygens (including phenoxy) is 1. The van der Waals surface area contributed by atoms with Crippen LogP contribution < -0.4 is 5.32 Å². The molecule has 124 valence electrons. The lowest BCUT2D eigenvalue weighted by Gasteiger charge is -2.11. The average molecular weight is 334 g/mol. The van der Waals surface area contributed by atoms with Crippen molar-refractivity contribution in [1.29, 1.82) is 0 Å². The van der Waals surface area contributed by atoms with Gasteiger partial charge in [-0.1, -0.05) is 42.1 Å². The number of carbonyl (C=O) groups excluding carboxylic acids is 1. The molecule has 0 fully saturated rings. The molecule has 2 rings (SSSR count). The van der Waals surface area contributed by atoms with Crippen molar-refractivity contribution in [3.8, 4) is 11.4 Å². The third-order valence-electron chi connectivity index (χ3n) is 3.34. The van der Waals surface area contributed by atoms with Crippen LogP contribution in [0.1, 0.15) is 13.3 Å². The molecule has 7 heteroatoms. The average Bonchev–Trinajstić information content (AvgIpc) is 2.93. The first-order chi connectivity index (χ1) is 11.1. The van der Waals surface area contributed by atoms with Gasteiger partial charge in [0, 0.05) is 32.9 Å². The molecule has 0 saturated heterocycles. The number of hydrogen-bond donors (Lipinski definition) is 1. The Morgan fingerprint density at radius 2 is 2.09 bits per heavy atom. The fraction of sp³-hybridized carbons (Fsp3) is 0.438. The number of amides is 1. The summed E-state index contributed by atoms with van der Waals surface area (Å²) in [4.78, 5) is 12.1. The van der Waals surface area contributed by atoms with Crippen molar-refractivity contribution in [2.45, 2.75) is 23.8 Å². The maximum absolute atomic E-state index is 12.1. The summed E-state index contributed by atoms with van der Waals surface area (Å²) in [5, 5.41) is 11.8. The van der Waals surface area contributed by atoms with E-state index in [2.05, 4.69) is 15.5 Å². The Kier molecular flexibility index (Phi) is 6.61. The number of thioether (sulfide) groups is 1. The summed E-state index contributed by atoms with van der Waals surface area (Å²) in [6.45, 7) is 3.13. The van der Waals surface area contributed by atoms with Crippen molar-refractivity contribution >= 4 is 17.7 Å². The van der Waals surface area contributed by atoms with Crippen molar-refractivity contribution in [2.24, 2.45) is 7.05 Å². The molecule has 1 aromatic heterocycles. The second-order valence-corrected chi connectivity index (χ2v) is 6.44. The molecule has 0 aliphatic heterocycles. The molecule has 1 heterocycles. The Hall–Kier alpha value is -1.86. The summed E-state index contributed by atoms with van der Waals surface area (Å²) in [6.07, 6.45) is 0.807. The van der Waals surface area contributed by atoms with Crippen LogP contribution in [0.2, 0.25) is 0 Å². The van der Waals surface area contributed by atoms with Gasteiger partial charge in [0.15, 0.2) is 11.0 Å². The van der Waals surface area contributed by atoms with Crippen LogP contribution in [0.5, 0.6) is 0 Å². The lowest BCUT2D eigenvalue weighted by Crippen LogP contribution is -2.32. The SMILES string of the molecule is COCCCNC(=O)C(C)Sc1nnc(-c2ccccc2)n1C. The maximum atomic E-state index is 12.1. The van der Waals surface area contributed by atoms with Crippen LogP contribution in [-0.2, 0) is 16.6 Å². The molecule has 0 saturated carbocycles. The van der Waals surface area contributed by atoms with Crippen molar-refractivity contribution < 1.29 is 9.53 Å². The van der Waals surface area contributed by atoms with E-state index in [1.807, 2.05) is 48.9 Å². The van der Waals surface area contributed by atoms with E-state index in [0.29, 0.717) is 13.2 Å². The van der Waals surface area contributed by atoms with E-state index in [1.165, 1.54) is 11.8 Å². The molecule has 1 amide bonds. The highest BCUT2D eigenvalue weighted by atomic mass is 32.2. The molecular formula is C16H22N4O2S. The van der Waals surface area contributed by atoms with E-state index in [4.69, 9.17) is 4.74 Å². The Morgan fingerprint density at radius 1 is 1.35 bits per heavy atom. The topological polar surface area (TPSA) is 69.0 Å². The zero-order valence-electron chi connectivity index (χ0n) is 13.7. The number of rotatable bonds is 8. The lowest BCUT2D eigenvalue weighted by atomic mass is 10.2. The molecule has 0 bridgehead atoms. The number of methoxy groups -OCH3 is 1. The number of nitrogens with one attached hydrogen (secondary N) is 1. The number of hydrogen-bond acceptors (Lipinski definition) is 5. The summed E-state index contributed by atoms with van der Waals surface area (Å²) in [7, 11) is 3.56. The van der Waals surface area contributed by atoms with Crippen molar-refractivity contribution in [3.63, 3.8) is 0 Å². The Morgan fingerprint density at radius 3 is 2.78 bits per heavy atom. The van der Waals surface area contributed by atoms with E-state index >= 15 is 0 Å². The van der Waals surface area contributed by atoms with Gasteiger partial charge in [-0.15, -0.1) is 10.2 Å². The normalized spacial score (nSPS) is 12.1. The standard InChI is InChI=1S/C16H22N4O2S/c1-12(15(21)17-10-7-11-22-3)23-16-19-18-14(20(16)2)13-8-5-4-6-9-13/h4-6,8-9,12H,7,10-11H2,1-3H3,(H,17,21). The third-order valence-corrected chi connectivity index (χ3v) is 4.48. The summed E-state index contributed by atoms with van der Waals surface area (Å²) in [5.74, 6) is 0.788. The van der Waals surface area contributed by atoms with E-state index in [0.717, 1.165) is 23.0 Å². The monoisotopic (exact) mass is 334 g/mol. The van der Waals surface area contributed by atoms with Crippen LogP contribution >= 0.6 is 11.8 Å². The number of carbonyl (C=O) groups is 1. The highest BCUT2D eigenvalue weighted by Crippen LogP contribution is 2.25. The fourth-order valence-corrected chi connectivity index (χ4v) is 2.88. The van der Waals surface area contributed by atoms with Gasteiger partial charge in [0.2, 0.25) is 5.91 Å². The van der Waals surface area contributed by atoms with Crippen LogP contribution in [-0.4, -0.2) is 46.2 Å². The molecule has 0 aliphatic carbocycles. The maximum Gasteiger partial charge on any atom is 0.233 e. The summed E-state index contributed by atoms with van der Waals surface area (Å²) < 4.78 is 6.87. The van der Waals surface area contributed by atoms with E-state index in [-0.39, 0.29) is 11.2 Å². The predicted molar refractivity (Wildman–Crippen MR) is 91.3 cm³/mol. The highest BCUT2D eigenvalue weighted by molar-refractivity contribution is 8.00. The highest BCUT2D eigenvalue weighted by Gasteiger charge is 2.18. The molecule has 6 nitrogen and oxygen atoms in total. The van der Waals surface area contributed by atoms with Gasteiger partial charge in [-0.2, -0.15) is 0 Å². The molecule has 23 heavy (non-hydrogen) atoms. The molecule has 1 unspecified atom stereocenters. The Labute approximate surface area is 140 Å². The van der Waals surface area contributed by atoms with Gasteiger partial charge in [0.05, 0.1) is 5.25 Å². The van der Waals surface area contributed by atoms with Crippen LogP contribution in [0.3, 0.4) is 0 Å². The minimum atomic E-state index is -0.232. The van der Waals surface area contributed by atoms with Gasteiger partial charge in [-0.25, -0.2) is 0 Å². The van der Waals surface area contributed by atoms with Gasteiger partial charge in [0.1, 0.15) is 0 Å². The van der Waals surface area contributed by atoms with Gasteiger partial charge in [-0.05, 0) is 13.3 Å². The number of nitrogens with zero attached hydrogens (tertiary/aromatic N) is 3. The molecule has 1 aromatic carbocycles. The molecular weight excluding hydrogens is 312 g/mol. The van der Waals surface area contributed by atoms with Gasteiger partial charge in [-0.3, -0.25) is 4.79 Å². The second kappa shape index (κ2) is 8.69. The van der Waals surface area contributed by atoms with Gasteiger partial charge < -0.3 is 14.6 Å². The minimum Gasteiger partial charge on any atom is -0.385 e. The summed E-state index contributed by atoms with van der Waals surface area (Å²) >= 11 is 1.40. The first kappa shape index (κ1) is 17.5. The van der Waals surface area contributed by atoms with Crippen LogP contribution in [0, 0.1) is 0 Å². The van der Waals surface area contributed by atoms with E-state index < -0.39 is 0 Å².